The molecule has 1 aromatic heterocycles. The van der Waals surface area contributed by atoms with Gasteiger partial charge in [0.25, 0.3) is 0 Å². The minimum atomic E-state index is -0.343. The van der Waals surface area contributed by atoms with E-state index in [1.54, 1.807) is 0 Å². The molecule has 0 saturated heterocycles. The molecule has 0 radical (unpaired) electrons. The molecule has 1 amide bonds. The van der Waals surface area contributed by atoms with Gasteiger partial charge in [-0.05, 0) is 25.0 Å². The summed E-state index contributed by atoms with van der Waals surface area (Å²) in [5.41, 5.74) is 7.50. The van der Waals surface area contributed by atoms with Crippen LogP contribution in [0.5, 0.6) is 0 Å². The number of hydrogen-bond donors (Lipinski definition) is 2. The van der Waals surface area contributed by atoms with Gasteiger partial charge in [0.15, 0.2) is 0 Å². The van der Waals surface area contributed by atoms with Crippen molar-refractivity contribution in [3.05, 3.63) is 48.0 Å². The summed E-state index contributed by atoms with van der Waals surface area (Å²) < 4.78 is 2.07. The van der Waals surface area contributed by atoms with Crippen molar-refractivity contribution in [3.63, 3.8) is 0 Å². The summed E-state index contributed by atoms with van der Waals surface area (Å²) in [4.78, 5) is 15.8. The van der Waals surface area contributed by atoms with Crippen LogP contribution in [0.3, 0.4) is 0 Å². The fraction of sp³-hybridized carbons (Fsp3) is 0.375. The minimum absolute atomic E-state index is 0.150. The molecule has 5 heteroatoms. The van der Waals surface area contributed by atoms with E-state index in [4.69, 9.17) is 5.73 Å². The molecule has 0 aliphatic heterocycles. The lowest BCUT2D eigenvalue weighted by Crippen LogP contribution is -2.44. The van der Waals surface area contributed by atoms with Crippen LogP contribution in [-0.4, -0.2) is 21.5 Å². The SMILES string of the molecule is Cc1ncc(CNC(C(N)=O)C(C)C)n1-c1ccccc1. The molecule has 1 heterocycles. The highest BCUT2D eigenvalue weighted by Gasteiger charge is 2.19. The number of aromatic nitrogens is 2. The van der Waals surface area contributed by atoms with Crippen LogP contribution in [0.4, 0.5) is 0 Å². The first-order chi connectivity index (χ1) is 10.0. The van der Waals surface area contributed by atoms with Crippen molar-refractivity contribution in [2.45, 2.75) is 33.4 Å². The summed E-state index contributed by atoms with van der Waals surface area (Å²) in [5, 5.41) is 3.22. The normalized spacial score (nSPS) is 12.6. The van der Waals surface area contributed by atoms with E-state index in [0.29, 0.717) is 6.54 Å². The smallest absolute Gasteiger partial charge is 0.234 e. The Morgan fingerprint density at radius 3 is 2.57 bits per heavy atom. The van der Waals surface area contributed by atoms with Gasteiger partial charge in [0, 0.05) is 12.2 Å². The maximum Gasteiger partial charge on any atom is 0.234 e. The number of benzene rings is 1. The van der Waals surface area contributed by atoms with Crippen molar-refractivity contribution in [1.82, 2.24) is 14.9 Å². The van der Waals surface area contributed by atoms with Gasteiger partial charge in [-0.25, -0.2) is 4.98 Å². The molecule has 2 rings (SSSR count). The van der Waals surface area contributed by atoms with Crippen LogP contribution in [0.2, 0.25) is 0 Å². The molecule has 1 aromatic carbocycles. The molecule has 2 aromatic rings. The second kappa shape index (κ2) is 6.54. The van der Waals surface area contributed by atoms with E-state index in [-0.39, 0.29) is 17.9 Å². The molecule has 1 atom stereocenters. The third-order valence-corrected chi connectivity index (χ3v) is 3.50. The molecule has 0 saturated carbocycles. The van der Waals surface area contributed by atoms with Crippen molar-refractivity contribution in [3.8, 4) is 5.69 Å². The predicted molar refractivity (Wildman–Crippen MR) is 83.0 cm³/mol. The first-order valence-electron chi connectivity index (χ1n) is 7.12. The molecule has 0 aliphatic rings. The van der Waals surface area contributed by atoms with Crippen LogP contribution in [-0.2, 0) is 11.3 Å². The highest BCUT2D eigenvalue weighted by Crippen LogP contribution is 2.14. The Kier molecular flexibility index (Phi) is 4.75. The Hall–Kier alpha value is -2.14. The van der Waals surface area contributed by atoms with E-state index in [9.17, 15) is 4.79 Å². The molecule has 112 valence electrons. The maximum atomic E-state index is 11.5. The van der Waals surface area contributed by atoms with Gasteiger partial charge in [-0.3, -0.25) is 14.7 Å². The van der Waals surface area contributed by atoms with Gasteiger partial charge in [0.1, 0.15) is 5.82 Å². The molecule has 3 N–H and O–H groups in total. The lowest BCUT2D eigenvalue weighted by molar-refractivity contribution is -0.121. The Morgan fingerprint density at radius 2 is 2.00 bits per heavy atom. The number of aryl methyl sites for hydroxylation is 1. The van der Waals surface area contributed by atoms with E-state index in [2.05, 4.69) is 14.9 Å². The number of nitrogens with one attached hydrogen (secondary N) is 1. The van der Waals surface area contributed by atoms with Crippen molar-refractivity contribution < 1.29 is 4.79 Å². The van der Waals surface area contributed by atoms with Crippen molar-refractivity contribution in [2.24, 2.45) is 11.7 Å². The van der Waals surface area contributed by atoms with Gasteiger partial charge in [-0.2, -0.15) is 0 Å². The quantitative estimate of drug-likeness (QED) is 0.850. The van der Waals surface area contributed by atoms with Crippen LogP contribution >= 0.6 is 0 Å². The fourth-order valence-electron chi connectivity index (χ4n) is 2.43. The van der Waals surface area contributed by atoms with Gasteiger partial charge < -0.3 is 5.73 Å². The number of para-hydroxylation sites is 1. The molecule has 0 aliphatic carbocycles. The molecule has 5 nitrogen and oxygen atoms in total. The van der Waals surface area contributed by atoms with Gasteiger partial charge in [0.2, 0.25) is 5.91 Å². The van der Waals surface area contributed by atoms with E-state index in [1.807, 2.05) is 57.3 Å². The monoisotopic (exact) mass is 286 g/mol. The zero-order valence-electron chi connectivity index (χ0n) is 12.7. The molecule has 0 fully saturated rings. The average Bonchev–Trinajstić information content (AvgIpc) is 2.80. The van der Waals surface area contributed by atoms with E-state index < -0.39 is 0 Å². The first kappa shape index (κ1) is 15.3. The van der Waals surface area contributed by atoms with Crippen molar-refractivity contribution >= 4 is 5.91 Å². The summed E-state index contributed by atoms with van der Waals surface area (Å²) in [7, 11) is 0. The first-order valence-corrected chi connectivity index (χ1v) is 7.12. The lowest BCUT2D eigenvalue weighted by Gasteiger charge is -2.19. The number of hydrogen-bond acceptors (Lipinski definition) is 3. The van der Waals surface area contributed by atoms with Crippen molar-refractivity contribution in [1.29, 1.82) is 0 Å². The fourth-order valence-corrected chi connectivity index (χ4v) is 2.43. The second-order valence-electron chi connectivity index (χ2n) is 5.47. The topological polar surface area (TPSA) is 72.9 Å². The largest absolute Gasteiger partial charge is 0.368 e. The van der Waals surface area contributed by atoms with Crippen LogP contribution in [0, 0.1) is 12.8 Å². The van der Waals surface area contributed by atoms with Crippen LogP contribution < -0.4 is 11.1 Å². The Balaban J connectivity index is 2.21. The Bertz CT molecular complexity index is 604. The number of amides is 1. The summed E-state index contributed by atoms with van der Waals surface area (Å²) in [6.45, 7) is 6.45. The van der Waals surface area contributed by atoms with Crippen LogP contribution in [0.15, 0.2) is 36.5 Å². The third-order valence-electron chi connectivity index (χ3n) is 3.50. The minimum Gasteiger partial charge on any atom is -0.368 e. The molecular formula is C16H22N4O. The second-order valence-corrected chi connectivity index (χ2v) is 5.47. The number of carbonyl (C=O) groups is 1. The standard InChI is InChI=1S/C16H22N4O/c1-11(2)15(16(17)21)19-10-14-9-18-12(3)20(14)13-7-5-4-6-8-13/h4-9,11,15,19H,10H2,1-3H3,(H2,17,21). The summed E-state index contributed by atoms with van der Waals surface area (Å²) in [6.07, 6.45) is 1.83. The highest BCUT2D eigenvalue weighted by molar-refractivity contribution is 5.80. The van der Waals surface area contributed by atoms with E-state index in [1.165, 1.54) is 0 Å². The predicted octanol–water partition coefficient (Wildman–Crippen LogP) is 1.78. The van der Waals surface area contributed by atoms with Crippen molar-refractivity contribution in [2.75, 3.05) is 0 Å². The molecular weight excluding hydrogens is 264 g/mol. The highest BCUT2D eigenvalue weighted by atomic mass is 16.1. The van der Waals surface area contributed by atoms with Gasteiger partial charge in [-0.1, -0.05) is 32.0 Å². The Morgan fingerprint density at radius 1 is 1.33 bits per heavy atom. The zero-order chi connectivity index (χ0) is 15.4. The van der Waals surface area contributed by atoms with Gasteiger partial charge >= 0.3 is 0 Å². The number of carbonyl (C=O) groups excluding carboxylic acids is 1. The summed E-state index contributed by atoms with van der Waals surface area (Å²) in [6, 6.07) is 9.69. The van der Waals surface area contributed by atoms with E-state index in [0.717, 1.165) is 17.2 Å². The summed E-state index contributed by atoms with van der Waals surface area (Å²) >= 11 is 0. The van der Waals surface area contributed by atoms with Crippen LogP contribution in [0.25, 0.3) is 5.69 Å². The summed E-state index contributed by atoms with van der Waals surface area (Å²) in [5.74, 6) is 0.738. The molecule has 0 bridgehead atoms. The number of primary amides is 1. The van der Waals surface area contributed by atoms with E-state index >= 15 is 0 Å². The Labute approximate surface area is 125 Å². The zero-order valence-corrected chi connectivity index (χ0v) is 12.7. The lowest BCUT2D eigenvalue weighted by atomic mass is 10.0. The molecule has 0 spiro atoms. The number of imidazole rings is 1. The molecule has 21 heavy (non-hydrogen) atoms. The number of nitrogens with two attached hydrogens (primary N) is 1. The molecule has 1 unspecified atom stereocenters. The third kappa shape index (κ3) is 3.49. The van der Waals surface area contributed by atoms with Gasteiger partial charge in [0.05, 0.1) is 17.9 Å². The number of rotatable bonds is 6. The number of nitrogens with zero attached hydrogens (tertiary/aromatic N) is 2. The van der Waals surface area contributed by atoms with Crippen LogP contribution in [0.1, 0.15) is 25.4 Å². The van der Waals surface area contributed by atoms with Gasteiger partial charge in [-0.15, -0.1) is 0 Å². The average molecular weight is 286 g/mol. The maximum absolute atomic E-state index is 11.5.